The summed E-state index contributed by atoms with van der Waals surface area (Å²) >= 11 is 0. The summed E-state index contributed by atoms with van der Waals surface area (Å²) in [7, 11) is 4.07. The van der Waals surface area contributed by atoms with Crippen LogP contribution >= 0.6 is 9.24 Å². The maximum absolute atomic E-state index is 10.9. The monoisotopic (exact) mass is 196 g/mol. The Balaban J connectivity index is 2.54. The van der Waals surface area contributed by atoms with Crippen molar-refractivity contribution >= 4 is 20.5 Å². The minimum absolute atomic E-state index is 0.159. The molecular weight excluding hydrogens is 183 g/mol. The van der Waals surface area contributed by atoms with Gasteiger partial charge in [0.1, 0.15) is 0 Å². The van der Waals surface area contributed by atoms with Crippen LogP contribution in [0.1, 0.15) is 12.0 Å². The van der Waals surface area contributed by atoms with E-state index in [1.807, 2.05) is 24.3 Å². The lowest BCUT2D eigenvalue weighted by molar-refractivity contribution is -0.140. The quantitative estimate of drug-likeness (QED) is 0.538. The van der Waals surface area contributed by atoms with Crippen molar-refractivity contribution in [1.29, 1.82) is 0 Å². The third kappa shape index (κ3) is 3.16. The van der Waals surface area contributed by atoms with E-state index in [2.05, 4.69) is 14.0 Å². The van der Waals surface area contributed by atoms with Crippen LogP contribution < -0.4 is 5.30 Å². The van der Waals surface area contributed by atoms with Crippen molar-refractivity contribution in [3.8, 4) is 0 Å². The molecule has 0 fully saturated rings. The van der Waals surface area contributed by atoms with E-state index < -0.39 is 0 Å². The van der Waals surface area contributed by atoms with Crippen LogP contribution in [-0.2, 0) is 16.0 Å². The molecule has 3 heteroatoms. The van der Waals surface area contributed by atoms with Crippen LogP contribution in [0.4, 0.5) is 0 Å². The zero-order chi connectivity index (χ0) is 9.68. The topological polar surface area (TPSA) is 26.3 Å². The number of carbonyl (C=O) groups excluding carboxylic acids is 1. The number of rotatable bonds is 3. The van der Waals surface area contributed by atoms with Crippen molar-refractivity contribution in [2.24, 2.45) is 0 Å². The van der Waals surface area contributed by atoms with Gasteiger partial charge in [0.05, 0.1) is 7.11 Å². The second-order valence-corrected chi connectivity index (χ2v) is 3.40. The van der Waals surface area contributed by atoms with E-state index >= 15 is 0 Å². The molecule has 1 rings (SSSR count). The summed E-state index contributed by atoms with van der Waals surface area (Å²) in [5, 5.41) is 1.14. The summed E-state index contributed by atoms with van der Waals surface area (Å²) in [6.07, 6.45) is 1.19. The van der Waals surface area contributed by atoms with Crippen LogP contribution in [0.25, 0.3) is 0 Å². The number of carbonyl (C=O) groups is 1. The van der Waals surface area contributed by atoms with E-state index in [1.54, 1.807) is 0 Å². The summed E-state index contributed by atoms with van der Waals surface area (Å²) in [5.41, 5.74) is 1.18. The number of benzene rings is 1. The van der Waals surface area contributed by atoms with Crippen molar-refractivity contribution in [3.63, 3.8) is 0 Å². The van der Waals surface area contributed by atoms with E-state index in [4.69, 9.17) is 0 Å². The molecule has 0 aliphatic rings. The minimum Gasteiger partial charge on any atom is -0.469 e. The van der Waals surface area contributed by atoms with Crippen LogP contribution in [-0.4, -0.2) is 13.1 Å². The fourth-order valence-electron chi connectivity index (χ4n) is 1.10. The van der Waals surface area contributed by atoms with Gasteiger partial charge in [0, 0.05) is 6.42 Å². The number of ether oxygens (including phenoxy) is 1. The lowest BCUT2D eigenvalue weighted by Gasteiger charge is -2.03. The number of hydrogen-bond donors (Lipinski definition) is 0. The molecule has 13 heavy (non-hydrogen) atoms. The predicted octanol–water partition coefficient (Wildman–Crippen LogP) is 1.29. The molecule has 2 nitrogen and oxygen atoms in total. The lowest BCUT2D eigenvalue weighted by Crippen LogP contribution is -2.06. The third-order valence-corrected chi connectivity index (χ3v) is 2.44. The SMILES string of the molecule is COC(=O)CCc1ccccc1P. The molecule has 0 aliphatic carbocycles. The first-order valence-electron chi connectivity index (χ1n) is 4.14. The van der Waals surface area contributed by atoms with Gasteiger partial charge in [-0.05, 0) is 17.3 Å². The first kappa shape index (κ1) is 10.2. The third-order valence-electron chi connectivity index (χ3n) is 1.88. The molecule has 0 amide bonds. The molecule has 70 valence electrons. The van der Waals surface area contributed by atoms with Gasteiger partial charge in [-0.2, -0.15) is 0 Å². The van der Waals surface area contributed by atoms with Crippen LogP contribution in [0.15, 0.2) is 24.3 Å². The summed E-state index contributed by atoms with van der Waals surface area (Å²) in [6, 6.07) is 7.98. The van der Waals surface area contributed by atoms with Gasteiger partial charge in [0.25, 0.3) is 0 Å². The van der Waals surface area contributed by atoms with Crippen LogP contribution in [0.3, 0.4) is 0 Å². The number of aryl methyl sites for hydroxylation is 1. The Labute approximate surface area is 80.5 Å². The fraction of sp³-hybridized carbons (Fsp3) is 0.300. The first-order chi connectivity index (χ1) is 6.24. The first-order valence-corrected chi connectivity index (χ1v) is 4.72. The van der Waals surface area contributed by atoms with Gasteiger partial charge >= 0.3 is 5.97 Å². The molecule has 0 spiro atoms. The molecule has 1 atom stereocenters. The van der Waals surface area contributed by atoms with Crippen molar-refractivity contribution in [1.82, 2.24) is 0 Å². The number of esters is 1. The normalized spacial score (nSPS) is 9.69. The van der Waals surface area contributed by atoms with Gasteiger partial charge in [-0.15, -0.1) is 9.24 Å². The fourth-order valence-corrected chi connectivity index (χ4v) is 1.45. The lowest BCUT2D eigenvalue weighted by atomic mass is 10.1. The van der Waals surface area contributed by atoms with E-state index in [-0.39, 0.29) is 5.97 Å². The van der Waals surface area contributed by atoms with Gasteiger partial charge in [-0.3, -0.25) is 4.79 Å². The highest BCUT2D eigenvalue weighted by atomic mass is 31.0. The second-order valence-electron chi connectivity index (χ2n) is 2.77. The van der Waals surface area contributed by atoms with Crippen molar-refractivity contribution < 1.29 is 9.53 Å². The van der Waals surface area contributed by atoms with Crippen LogP contribution in [0.2, 0.25) is 0 Å². The van der Waals surface area contributed by atoms with Crippen LogP contribution in [0.5, 0.6) is 0 Å². The minimum atomic E-state index is -0.159. The molecule has 0 saturated carbocycles. The zero-order valence-corrected chi connectivity index (χ0v) is 8.77. The standard InChI is InChI=1S/C10H13O2P/c1-12-10(11)7-6-8-4-2-3-5-9(8)13/h2-5H,6-7,13H2,1H3. The highest BCUT2D eigenvalue weighted by Gasteiger charge is 2.02. The van der Waals surface area contributed by atoms with Crippen LogP contribution in [0, 0.1) is 0 Å². The molecule has 1 aromatic carbocycles. The Bertz CT molecular complexity index is 297. The highest BCUT2D eigenvalue weighted by Crippen LogP contribution is 2.04. The van der Waals surface area contributed by atoms with Gasteiger partial charge in [-0.25, -0.2) is 0 Å². The smallest absolute Gasteiger partial charge is 0.305 e. The molecule has 0 N–H and O–H groups in total. The average molecular weight is 196 g/mol. The molecule has 0 saturated heterocycles. The predicted molar refractivity (Wildman–Crippen MR) is 56.1 cm³/mol. The Morgan fingerprint density at radius 2 is 2.15 bits per heavy atom. The van der Waals surface area contributed by atoms with Gasteiger partial charge in [0.2, 0.25) is 0 Å². The molecular formula is C10H13O2P. The Kier molecular flexibility index (Phi) is 3.91. The molecule has 1 unspecified atom stereocenters. The highest BCUT2D eigenvalue weighted by molar-refractivity contribution is 7.27. The van der Waals surface area contributed by atoms with Gasteiger partial charge in [-0.1, -0.05) is 24.3 Å². The maximum Gasteiger partial charge on any atom is 0.305 e. The zero-order valence-electron chi connectivity index (χ0n) is 7.62. The molecule has 1 aromatic rings. The summed E-state index contributed by atoms with van der Waals surface area (Å²) in [5.74, 6) is -0.159. The summed E-state index contributed by atoms with van der Waals surface area (Å²) in [4.78, 5) is 10.9. The molecule has 0 radical (unpaired) electrons. The Morgan fingerprint density at radius 1 is 1.46 bits per heavy atom. The number of hydrogen-bond acceptors (Lipinski definition) is 2. The largest absolute Gasteiger partial charge is 0.469 e. The maximum atomic E-state index is 10.9. The second kappa shape index (κ2) is 4.98. The van der Waals surface area contributed by atoms with E-state index in [0.717, 1.165) is 11.7 Å². The van der Waals surface area contributed by atoms with Gasteiger partial charge < -0.3 is 4.74 Å². The van der Waals surface area contributed by atoms with Crippen molar-refractivity contribution in [2.75, 3.05) is 7.11 Å². The Morgan fingerprint density at radius 3 is 2.77 bits per heavy atom. The Hall–Kier alpha value is -0.880. The van der Waals surface area contributed by atoms with E-state index in [9.17, 15) is 4.79 Å². The van der Waals surface area contributed by atoms with E-state index in [0.29, 0.717) is 6.42 Å². The van der Waals surface area contributed by atoms with Crippen molar-refractivity contribution in [2.45, 2.75) is 12.8 Å². The summed E-state index contributed by atoms with van der Waals surface area (Å²) < 4.78 is 4.57. The average Bonchev–Trinajstić information content (AvgIpc) is 2.16. The van der Waals surface area contributed by atoms with Gasteiger partial charge in [0.15, 0.2) is 0 Å². The number of methoxy groups -OCH3 is 1. The summed E-state index contributed by atoms with van der Waals surface area (Å²) in [6.45, 7) is 0. The molecule has 0 bridgehead atoms. The molecule has 0 heterocycles. The van der Waals surface area contributed by atoms with Crippen molar-refractivity contribution in [3.05, 3.63) is 29.8 Å². The van der Waals surface area contributed by atoms with E-state index in [1.165, 1.54) is 12.7 Å². The molecule has 0 aliphatic heterocycles. The molecule has 0 aromatic heterocycles.